The van der Waals surface area contributed by atoms with Gasteiger partial charge in [0.2, 0.25) is 0 Å². The van der Waals surface area contributed by atoms with E-state index in [0.717, 1.165) is 17.7 Å². The number of rotatable bonds is 5. The normalized spacial score (nSPS) is 12.1. The van der Waals surface area contributed by atoms with Gasteiger partial charge in [0.15, 0.2) is 0 Å². The summed E-state index contributed by atoms with van der Waals surface area (Å²) in [5.41, 5.74) is 2.09. The molecule has 4 aromatic rings. The first kappa shape index (κ1) is 19.8. The number of imidazole rings is 1. The number of nitrogens with one attached hydrogen (secondary N) is 2. The molecule has 0 spiro atoms. The second-order valence-corrected chi connectivity index (χ2v) is 7.99. The lowest BCUT2D eigenvalue weighted by molar-refractivity contribution is -0.274. The maximum atomic E-state index is 12.7. The van der Waals surface area contributed by atoms with Crippen LogP contribution in [0.4, 0.5) is 18.9 Å². The fourth-order valence-corrected chi connectivity index (χ4v) is 3.91. The van der Waals surface area contributed by atoms with Crippen molar-refractivity contribution in [3.63, 3.8) is 0 Å². The van der Waals surface area contributed by atoms with Crippen molar-refractivity contribution >= 4 is 26.7 Å². The highest BCUT2D eigenvalue weighted by molar-refractivity contribution is 7.92. The Hall–Kier alpha value is -3.53. The van der Waals surface area contributed by atoms with Crippen molar-refractivity contribution in [2.24, 2.45) is 0 Å². The number of benzene rings is 3. The molecule has 0 saturated carbocycles. The Morgan fingerprint density at radius 1 is 0.933 bits per heavy atom. The van der Waals surface area contributed by atoms with Gasteiger partial charge < -0.3 is 9.72 Å². The van der Waals surface area contributed by atoms with Crippen molar-refractivity contribution in [1.29, 1.82) is 0 Å². The van der Waals surface area contributed by atoms with E-state index < -0.39 is 22.1 Å². The summed E-state index contributed by atoms with van der Waals surface area (Å²) in [4.78, 5) is 7.52. The first-order valence-electron chi connectivity index (χ1n) is 8.63. The summed E-state index contributed by atoms with van der Waals surface area (Å²) in [5.74, 6) is 0.158. The van der Waals surface area contributed by atoms with Gasteiger partial charge in [-0.2, -0.15) is 0 Å². The van der Waals surface area contributed by atoms with E-state index in [0.29, 0.717) is 16.9 Å². The van der Waals surface area contributed by atoms with E-state index in [9.17, 15) is 21.6 Å². The third-order valence-electron chi connectivity index (χ3n) is 4.15. The first-order chi connectivity index (χ1) is 14.2. The average Bonchev–Trinajstić information content (AvgIpc) is 3.12. The second-order valence-electron chi connectivity index (χ2n) is 6.31. The lowest BCUT2D eigenvalue weighted by Crippen LogP contribution is -2.17. The number of fused-ring (bicyclic) bond motifs is 1. The van der Waals surface area contributed by atoms with Crippen LogP contribution in [0.15, 0.2) is 77.7 Å². The molecule has 0 saturated heterocycles. The molecule has 0 atom stereocenters. The number of sulfonamides is 1. The molecule has 0 aliphatic rings. The van der Waals surface area contributed by atoms with Gasteiger partial charge in [0.05, 0.1) is 15.9 Å². The lowest BCUT2D eigenvalue weighted by Gasteiger charge is -2.11. The molecule has 0 aliphatic carbocycles. The summed E-state index contributed by atoms with van der Waals surface area (Å²) < 4.78 is 68.1. The average molecular weight is 433 g/mol. The van der Waals surface area contributed by atoms with E-state index in [4.69, 9.17) is 0 Å². The van der Waals surface area contributed by atoms with E-state index in [1.807, 2.05) is 30.3 Å². The van der Waals surface area contributed by atoms with Gasteiger partial charge >= 0.3 is 6.36 Å². The van der Waals surface area contributed by atoms with Gasteiger partial charge in [-0.15, -0.1) is 13.2 Å². The number of anilines is 1. The second kappa shape index (κ2) is 7.38. The van der Waals surface area contributed by atoms with Gasteiger partial charge in [0.25, 0.3) is 10.0 Å². The molecule has 0 fully saturated rings. The van der Waals surface area contributed by atoms with E-state index >= 15 is 0 Å². The fourth-order valence-electron chi connectivity index (χ4n) is 2.83. The molecular formula is C20H14F3N3O3S. The standard InChI is InChI=1S/C20H14F3N3O3S/c21-20(22,23)29-15-8-6-14(7-9-15)26-30(27,28)16-10-11-17-18(12-16)25-19(24-17)13-4-2-1-3-5-13/h1-12,26H,(H,24,25). The zero-order valence-electron chi connectivity index (χ0n) is 15.1. The van der Waals surface area contributed by atoms with Crippen LogP contribution in [0.2, 0.25) is 0 Å². The number of aromatic nitrogens is 2. The van der Waals surface area contributed by atoms with E-state index in [2.05, 4.69) is 19.4 Å². The smallest absolute Gasteiger partial charge is 0.406 e. The first-order valence-corrected chi connectivity index (χ1v) is 10.1. The third-order valence-corrected chi connectivity index (χ3v) is 5.53. The molecule has 1 aromatic heterocycles. The minimum absolute atomic E-state index is 0.0196. The van der Waals surface area contributed by atoms with Crippen molar-refractivity contribution in [2.45, 2.75) is 11.3 Å². The van der Waals surface area contributed by atoms with Gasteiger partial charge in [-0.05, 0) is 42.5 Å². The highest BCUT2D eigenvalue weighted by Crippen LogP contribution is 2.26. The van der Waals surface area contributed by atoms with Crippen molar-refractivity contribution in [3.8, 4) is 17.1 Å². The third kappa shape index (κ3) is 4.38. The van der Waals surface area contributed by atoms with Crippen molar-refractivity contribution in [1.82, 2.24) is 9.97 Å². The van der Waals surface area contributed by atoms with Crippen molar-refractivity contribution in [3.05, 3.63) is 72.8 Å². The van der Waals surface area contributed by atoms with Crippen molar-refractivity contribution in [2.75, 3.05) is 4.72 Å². The van der Waals surface area contributed by atoms with Crippen LogP contribution in [0.25, 0.3) is 22.4 Å². The van der Waals surface area contributed by atoms with E-state index in [1.165, 1.54) is 24.3 Å². The zero-order valence-corrected chi connectivity index (χ0v) is 16.0. The SMILES string of the molecule is O=S(=O)(Nc1ccc(OC(F)(F)F)cc1)c1ccc2nc(-c3ccccc3)[nH]c2c1. The Kier molecular flexibility index (Phi) is 4.86. The Morgan fingerprint density at radius 3 is 2.30 bits per heavy atom. The fraction of sp³-hybridized carbons (Fsp3) is 0.0500. The Balaban J connectivity index is 1.58. The number of hydrogen-bond acceptors (Lipinski definition) is 4. The maximum absolute atomic E-state index is 12.7. The summed E-state index contributed by atoms with van der Waals surface area (Å²) in [5, 5.41) is 0. The lowest BCUT2D eigenvalue weighted by atomic mass is 10.2. The number of alkyl halides is 3. The number of hydrogen-bond donors (Lipinski definition) is 2. The van der Waals surface area contributed by atoms with Gasteiger partial charge in [-0.1, -0.05) is 30.3 Å². The molecule has 0 amide bonds. The summed E-state index contributed by atoms with van der Waals surface area (Å²) in [7, 11) is -3.97. The van der Waals surface area contributed by atoms with E-state index in [-0.39, 0.29) is 10.6 Å². The summed E-state index contributed by atoms with van der Waals surface area (Å²) in [6, 6.07) is 18.2. The minimum atomic E-state index is -4.82. The van der Waals surface area contributed by atoms with Crippen LogP contribution in [0, 0.1) is 0 Å². The topological polar surface area (TPSA) is 84.1 Å². The predicted octanol–water partition coefficient (Wildman–Crippen LogP) is 4.93. The van der Waals surface area contributed by atoms with Crippen molar-refractivity contribution < 1.29 is 26.3 Å². The van der Waals surface area contributed by atoms with E-state index in [1.54, 1.807) is 6.07 Å². The van der Waals surface area contributed by atoms with Crippen LogP contribution >= 0.6 is 0 Å². The molecule has 0 bridgehead atoms. The van der Waals surface area contributed by atoms with Crippen LogP contribution in [-0.2, 0) is 10.0 Å². The van der Waals surface area contributed by atoms with Crippen LogP contribution in [-0.4, -0.2) is 24.7 Å². The highest BCUT2D eigenvalue weighted by atomic mass is 32.2. The van der Waals surface area contributed by atoms with Gasteiger partial charge in [0, 0.05) is 11.3 Å². The van der Waals surface area contributed by atoms with Crippen LogP contribution in [0.3, 0.4) is 0 Å². The molecule has 6 nitrogen and oxygen atoms in total. The molecular weight excluding hydrogens is 419 g/mol. The largest absolute Gasteiger partial charge is 0.573 e. The minimum Gasteiger partial charge on any atom is -0.406 e. The molecule has 1 heterocycles. The van der Waals surface area contributed by atoms with Crippen LogP contribution in [0.5, 0.6) is 5.75 Å². The maximum Gasteiger partial charge on any atom is 0.573 e. The Bertz CT molecular complexity index is 1290. The Morgan fingerprint density at radius 2 is 1.63 bits per heavy atom. The number of H-pyrrole nitrogens is 1. The zero-order chi connectivity index (χ0) is 21.4. The molecule has 2 N–H and O–H groups in total. The molecule has 154 valence electrons. The molecule has 4 rings (SSSR count). The molecule has 0 radical (unpaired) electrons. The monoisotopic (exact) mass is 433 g/mol. The summed E-state index contributed by atoms with van der Waals surface area (Å²) in [6.07, 6.45) is -4.82. The number of aromatic amines is 1. The summed E-state index contributed by atoms with van der Waals surface area (Å²) >= 11 is 0. The molecule has 0 unspecified atom stereocenters. The van der Waals surface area contributed by atoms with Gasteiger partial charge in [-0.3, -0.25) is 4.72 Å². The van der Waals surface area contributed by atoms with Crippen LogP contribution in [0.1, 0.15) is 0 Å². The van der Waals surface area contributed by atoms with Crippen LogP contribution < -0.4 is 9.46 Å². The van der Waals surface area contributed by atoms with Gasteiger partial charge in [0.1, 0.15) is 11.6 Å². The molecule has 0 aliphatic heterocycles. The number of ether oxygens (including phenoxy) is 1. The number of nitrogens with zero attached hydrogens (tertiary/aromatic N) is 1. The van der Waals surface area contributed by atoms with Gasteiger partial charge in [-0.25, -0.2) is 13.4 Å². The predicted molar refractivity (Wildman–Crippen MR) is 105 cm³/mol. The summed E-state index contributed by atoms with van der Waals surface area (Å²) in [6.45, 7) is 0. The number of halogens is 3. The molecule has 3 aromatic carbocycles. The highest BCUT2D eigenvalue weighted by Gasteiger charge is 2.31. The molecule has 10 heteroatoms. The quantitative estimate of drug-likeness (QED) is 0.468. The Labute approximate surface area is 169 Å². The molecule has 30 heavy (non-hydrogen) atoms.